The van der Waals surface area contributed by atoms with Gasteiger partial charge >= 0.3 is 11.2 Å². The van der Waals surface area contributed by atoms with Gasteiger partial charge in [0.2, 0.25) is 5.88 Å². The van der Waals surface area contributed by atoms with E-state index in [1.165, 1.54) is 48.1 Å². The van der Waals surface area contributed by atoms with Crippen LogP contribution in [0.3, 0.4) is 0 Å². The van der Waals surface area contributed by atoms with Crippen molar-refractivity contribution in [2.75, 3.05) is 0 Å². The molecule has 2 aromatic heterocycles. The highest BCUT2D eigenvalue weighted by Crippen LogP contribution is 2.37. The van der Waals surface area contributed by atoms with Crippen molar-refractivity contribution in [1.29, 1.82) is 0 Å². The first-order chi connectivity index (χ1) is 15.2. The summed E-state index contributed by atoms with van der Waals surface area (Å²) in [5.74, 6) is 0.192. The van der Waals surface area contributed by atoms with E-state index < -0.39 is 11.2 Å². The number of alkyl halides is 3. The van der Waals surface area contributed by atoms with Gasteiger partial charge in [0.25, 0.3) is 0 Å². The molecule has 0 unspecified atom stereocenters. The van der Waals surface area contributed by atoms with Crippen LogP contribution in [0.2, 0.25) is 0 Å². The number of hydrogen-bond acceptors (Lipinski definition) is 4. The zero-order valence-corrected chi connectivity index (χ0v) is 18.4. The molecule has 1 N–H and O–H groups in total. The van der Waals surface area contributed by atoms with E-state index >= 15 is 0 Å². The van der Waals surface area contributed by atoms with Crippen molar-refractivity contribution in [3.63, 3.8) is 0 Å². The zero-order chi connectivity index (χ0) is 22.9. The molecule has 1 aromatic carbocycles. The molecule has 0 spiro atoms. The van der Waals surface area contributed by atoms with Crippen LogP contribution in [0.4, 0.5) is 13.2 Å². The number of hydrogen-bond donors (Lipinski definition) is 1. The Kier molecular flexibility index (Phi) is 6.37. The Hall–Kier alpha value is -2.68. The largest absolute Gasteiger partial charge is 0.493 e. The van der Waals surface area contributed by atoms with E-state index in [0.717, 1.165) is 28.5 Å². The molecule has 0 aliphatic heterocycles. The number of thioether (sulfide) groups is 1. The fourth-order valence-corrected chi connectivity index (χ4v) is 4.92. The molecule has 2 heterocycles. The molecule has 0 radical (unpaired) electrons. The van der Waals surface area contributed by atoms with Crippen molar-refractivity contribution in [2.24, 2.45) is 0 Å². The maximum absolute atomic E-state index is 13.2. The van der Waals surface area contributed by atoms with E-state index in [9.17, 15) is 23.1 Å². The Morgan fingerprint density at radius 1 is 1.12 bits per heavy atom. The maximum atomic E-state index is 13.2. The van der Waals surface area contributed by atoms with E-state index in [2.05, 4.69) is 4.98 Å². The molecule has 1 aliphatic carbocycles. The highest BCUT2D eigenvalue weighted by molar-refractivity contribution is 8.00. The van der Waals surface area contributed by atoms with Crippen LogP contribution in [0, 0.1) is 6.92 Å². The van der Waals surface area contributed by atoms with Crippen molar-refractivity contribution >= 4 is 11.8 Å². The molecule has 1 aliphatic rings. The molecule has 1 fully saturated rings. The fraction of sp³-hybridized carbons (Fsp3) is 0.391. The fourth-order valence-electron chi connectivity index (χ4n) is 4.38. The minimum Gasteiger partial charge on any atom is -0.493 e. The molecule has 9 heteroatoms. The Morgan fingerprint density at radius 3 is 2.47 bits per heavy atom. The van der Waals surface area contributed by atoms with Crippen LogP contribution in [-0.2, 0) is 6.54 Å². The van der Waals surface area contributed by atoms with Gasteiger partial charge in [0.05, 0.1) is 17.9 Å². The summed E-state index contributed by atoms with van der Waals surface area (Å²) in [6.07, 6.45) is 9.37. The summed E-state index contributed by atoms with van der Waals surface area (Å²) in [6, 6.07) is 7.29. The van der Waals surface area contributed by atoms with Crippen molar-refractivity contribution in [1.82, 2.24) is 14.1 Å². The molecular weight excluding hydrogens is 439 g/mol. The van der Waals surface area contributed by atoms with Crippen LogP contribution in [-0.4, -0.2) is 24.7 Å². The van der Waals surface area contributed by atoms with Crippen molar-refractivity contribution < 1.29 is 18.3 Å². The second kappa shape index (κ2) is 9.05. The number of pyridine rings is 1. The van der Waals surface area contributed by atoms with Gasteiger partial charge in [0.15, 0.2) is 0 Å². The van der Waals surface area contributed by atoms with Crippen molar-refractivity contribution in [3.8, 4) is 11.6 Å². The zero-order valence-electron chi connectivity index (χ0n) is 17.6. The van der Waals surface area contributed by atoms with Gasteiger partial charge in [-0.2, -0.15) is 13.2 Å². The third-order valence-electron chi connectivity index (χ3n) is 6.01. The standard InChI is InChI=1S/C23H24F3N3O2S/c1-15-21(30)29(18-7-9-19(10-8-18)32-23(24,25)26)22(31)28(15)14-17-11-12-27-13-20(17)16-5-3-2-4-6-16/h7-13,16,30H,2-6,14H2,1H3. The second-order valence-corrected chi connectivity index (χ2v) is 9.20. The number of benzene rings is 1. The molecule has 0 saturated heterocycles. The quantitative estimate of drug-likeness (QED) is 0.489. The van der Waals surface area contributed by atoms with Gasteiger partial charge in [-0.1, -0.05) is 19.3 Å². The summed E-state index contributed by atoms with van der Waals surface area (Å²) < 4.78 is 40.4. The van der Waals surface area contributed by atoms with Gasteiger partial charge in [0, 0.05) is 17.3 Å². The summed E-state index contributed by atoms with van der Waals surface area (Å²) in [5, 5.41) is 10.6. The minimum absolute atomic E-state index is 0.0128. The topological polar surface area (TPSA) is 60.1 Å². The SMILES string of the molecule is Cc1c(O)n(-c2ccc(SC(F)(F)F)cc2)c(=O)n1Cc1ccncc1C1CCCCC1. The summed E-state index contributed by atoms with van der Waals surface area (Å²) in [6.45, 7) is 1.95. The van der Waals surface area contributed by atoms with Gasteiger partial charge in [0.1, 0.15) is 0 Å². The lowest BCUT2D eigenvalue weighted by Crippen LogP contribution is -2.25. The van der Waals surface area contributed by atoms with Crippen molar-refractivity contribution in [2.45, 2.75) is 61.9 Å². The number of imidazole rings is 1. The van der Waals surface area contributed by atoms with Gasteiger partial charge in [-0.3, -0.25) is 9.55 Å². The third-order valence-corrected chi connectivity index (χ3v) is 6.75. The molecule has 1 saturated carbocycles. The summed E-state index contributed by atoms with van der Waals surface area (Å²) in [5.41, 5.74) is -1.99. The molecule has 0 atom stereocenters. The third kappa shape index (κ3) is 4.72. The lowest BCUT2D eigenvalue weighted by Gasteiger charge is -2.24. The molecule has 0 amide bonds. The van der Waals surface area contributed by atoms with Crippen molar-refractivity contribution in [3.05, 3.63) is 70.0 Å². The van der Waals surface area contributed by atoms with Gasteiger partial charge in [-0.15, -0.1) is 0 Å². The van der Waals surface area contributed by atoms with Crippen LogP contribution >= 0.6 is 11.8 Å². The van der Waals surface area contributed by atoms with E-state index in [1.807, 2.05) is 12.3 Å². The first kappa shape index (κ1) is 22.5. The maximum Gasteiger partial charge on any atom is 0.446 e. The first-order valence-corrected chi connectivity index (χ1v) is 11.4. The van der Waals surface area contributed by atoms with E-state index in [-0.39, 0.29) is 22.5 Å². The number of nitrogens with zero attached hydrogens (tertiary/aromatic N) is 3. The lowest BCUT2D eigenvalue weighted by atomic mass is 9.83. The highest BCUT2D eigenvalue weighted by atomic mass is 32.2. The molecule has 170 valence electrons. The monoisotopic (exact) mass is 463 g/mol. The average Bonchev–Trinajstić information content (AvgIpc) is 2.97. The molecule has 32 heavy (non-hydrogen) atoms. The average molecular weight is 464 g/mol. The predicted molar refractivity (Wildman–Crippen MR) is 118 cm³/mol. The molecular formula is C23H24F3N3O2S. The van der Waals surface area contributed by atoms with E-state index in [4.69, 9.17) is 0 Å². The van der Waals surface area contributed by atoms with Crippen LogP contribution in [0.1, 0.15) is 54.8 Å². The van der Waals surface area contributed by atoms with Crippen LogP contribution in [0.15, 0.2) is 52.4 Å². The van der Waals surface area contributed by atoms with Gasteiger partial charge in [-0.25, -0.2) is 9.36 Å². The van der Waals surface area contributed by atoms with Crippen LogP contribution < -0.4 is 5.69 Å². The summed E-state index contributed by atoms with van der Waals surface area (Å²) >= 11 is -0.223. The molecule has 0 bridgehead atoms. The number of halogens is 3. The minimum atomic E-state index is -4.39. The normalized spacial score (nSPS) is 15.2. The van der Waals surface area contributed by atoms with Gasteiger partial charge < -0.3 is 5.11 Å². The number of aromatic hydroxyl groups is 1. The Balaban J connectivity index is 1.66. The highest BCUT2D eigenvalue weighted by Gasteiger charge is 2.29. The number of aromatic nitrogens is 3. The predicted octanol–water partition coefficient (Wildman–Crippen LogP) is 5.76. The molecule has 5 nitrogen and oxygen atoms in total. The van der Waals surface area contributed by atoms with E-state index in [0.29, 0.717) is 23.8 Å². The Morgan fingerprint density at radius 2 is 1.81 bits per heavy atom. The summed E-state index contributed by atoms with van der Waals surface area (Å²) in [4.78, 5) is 17.5. The Labute approximate surface area is 187 Å². The van der Waals surface area contributed by atoms with E-state index in [1.54, 1.807) is 13.1 Å². The summed E-state index contributed by atoms with van der Waals surface area (Å²) in [7, 11) is 0. The second-order valence-electron chi connectivity index (χ2n) is 8.06. The smallest absolute Gasteiger partial charge is 0.446 e. The number of rotatable bonds is 5. The van der Waals surface area contributed by atoms with Crippen LogP contribution in [0.5, 0.6) is 5.88 Å². The first-order valence-electron chi connectivity index (χ1n) is 10.5. The molecule has 3 aromatic rings. The van der Waals surface area contributed by atoms with Gasteiger partial charge in [-0.05, 0) is 78.9 Å². The van der Waals surface area contributed by atoms with Crippen LogP contribution in [0.25, 0.3) is 5.69 Å². The molecule has 4 rings (SSSR count). The Bertz CT molecular complexity index is 1150. The lowest BCUT2D eigenvalue weighted by molar-refractivity contribution is -0.0328.